The maximum Gasteiger partial charge on any atom is 0.222 e. The number of halogens is 1. The fraction of sp³-hybridized carbons (Fsp3) is 0.727. The molecule has 0 aromatic carbocycles. The molecule has 0 heterocycles. The Labute approximate surface area is 104 Å². The van der Waals surface area contributed by atoms with Crippen LogP contribution in [-0.4, -0.2) is 30.2 Å². The van der Waals surface area contributed by atoms with E-state index >= 15 is 0 Å². The summed E-state index contributed by atoms with van der Waals surface area (Å²) in [6.07, 6.45) is 1.84. The summed E-state index contributed by atoms with van der Waals surface area (Å²) in [7, 11) is 0. The number of fused-ring (bicyclic) bond motifs is 2. The van der Waals surface area contributed by atoms with Gasteiger partial charge in [-0.05, 0) is 31.1 Å². The van der Waals surface area contributed by atoms with Gasteiger partial charge in [0.15, 0.2) is 12.0 Å². The Morgan fingerprint density at radius 1 is 1.50 bits per heavy atom. The van der Waals surface area contributed by atoms with Gasteiger partial charge in [0, 0.05) is 6.21 Å². The fourth-order valence-electron chi connectivity index (χ4n) is 3.28. The number of alkyl halides is 1. The highest BCUT2D eigenvalue weighted by atomic mass is 19.1. The number of nitrogens with zero attached hydrogens (tertiary/aromatic N) is 1. The Kier molecular flexibility index (Phi) is 3.60. The van der Waals surface area contributed by atoms with Gasteiger partial charge in [0.25, 0.3) is 0 Å². The van der Waals surface area contributed by atoms with Crippen molar-refractivity contribution in [3.05, 3.63) is 0 Å². The van der Waals surface area contributed by atoms with Crippen molar-refractivity contribution in [2.45, 2.75) is 31.5 Å². The van der Waals surface area contributed by atoms with Crippen LogP contribution in [0.25, 0.3) is 0 Å². The molecule has 2 saturated carbocycles. The Morgan fingerprint density at radius 3 is 2.72 bits per heavy atom. The molecule has 2 fully saturated rings. The lowest BCUT2D eigenvalue weighted by Gasteiger charge is -2.26. The summed E-state index contributed by atoms with van der Waals surface area (Å²) in [6, 6.07) is -0.300. The lowest BCUT2D eigenvalue weighted by Crippen LogP contribution is -2.43. The van der Waals surface area contributed by atoms with E-state index in [1.54, 1.807) is 0 Å². The van der Waals surface area contributed by atoms with Crippen molar-refractivity contribution in [1.82, 2.24) is 5.43 Å². The number of hydrogen-bond donors (Lipinski definition) is 4. The normalized spacial score (nSPS) is 36.4. The lowest BCUT2D eigenvalue weighted by atomic mass is 9.84. The van der Waals surface area contributed by atoms with Crippen molar-refractivity contribution < 1.29 is 9.18 Å². The Hall–Kier alpha value is -1.50. The zero-order valence-corrected chi connectivity index (χ0v) is 9.97. The van der Waals surface area contributed by atoms with Crippen LogP contribution in [-0.2, 0) is 4.79 Å². The van der Waals surface area contributed by atoms with Crippen LogP contribution in [0.15, 0.2) is 4.99 Å². The zero-order valence-electron chi connectivity index (χ0n) is 9.97. The predicted octanol–water partition coefficient (Wildman–Crippen LogP) is -0.264. The molecule has 2 bridgehead atoms. The summed E-state index contributed by atoms with van der Waals surface area (Å²) in [4.78, 5) is 15.7. The molecule has 0 saturated heterocycles. The number of hydrazine groups is 1. The van der Waals surface area contributed by atoms with Crippen molar-refractivity contribution in [1.29, 1.82) is 5.41 Å². The van der Waals surface area contributed by atoms with Gasteiger partial charge in [-0.25, -0.2) is 10.2 Å². The molecular formula is C11H18FN5O. The summed E-state index contributed by atoms with van der Waals surface area (Å²) in [5.74, 6) is 4.93. The topological polar surface area (TPSA) is 117 Å². The molecule has 1 amide bonds. The van der Waals surface area contributed by atoms with E-state index in [0.29, 0.717) is 6.21 Å². The molecule has 2 aliphatic carbocycles. The van der Waals surface area contributed by atoms with Crippen LogP contribution in [0.5, 0.6) is 0 Å². The second kappa shape index (κ2) is 5.01. The van der Waals surface area contributed by atoms with Crippen LogP contribution in [0.2, 0.25) is 0 Å². The van der Waals surface area contributed by atoms with Crippen LogP contribution >= 0.6 is 0 Å². The number of amidine groups is 1. The van der Waals surface area contributed by atoms with Crippen LogP contribution in [0.4, 0.5) is 4.39 Å². The standard InChI is InChI=1S/C11H18FN5O/c12-7(4-13)11(17-15)16-9-6-2-1-5(3-6)8(9)10(14)18/h4-9,13H,1-3,15H2,(H2,14,18)(H,16,17). The third-order valence-corrected chi connectivity index (χ3v) is 4.04. The summed E-state index contributed by atoms with van der Waals surface area (Å²) >= 11 is 0. The molecule has 2 aliphatic rings. The molecular weight excluding hydrogens is 237 g/mol. The molecule has 18 heavy (non-hydrogen) atoms. The average Bonchev–Trinajstić information content (AvgIpc) is 2.94. The molecule has 0 spiro atoms. The maximum absolute atomic E-state index is 13.4. The maximum atomic E-state index is 13.4. The van der Waals surface area contributed by atoms with Gasteiger partial charge in [0.1, 0.15) is 0 Å². The van der Waals surface area contributed by atoms with E-state index < -0.39 is 6.17 Å². The van der Waals surface area contributed by atoms with Crippen molar-refractivity contribution in [3.8, 4) is 0 Å². The third kappa shape index (κ3) is 2.10. The highest BCUT2D eigenvalue weighted by Crippen LogP contribution is 2.49. The monoisotopic (exact) mass is 255 g/mol. The second-order valence-electron chi connectivity index (χ2n) is 4.98. The first-order chi connectivity index (χ1) is 8.58. The number of carbonyl (C=O) groups is 1. The first kappa shape index (κ1) is 12.9. The van der Waals surface area contributed by atoms with Gasteiger partial charge < -0.3 is 16.6 Å². The van der Waals surface area contributed by atoms with Crippen LogP contribution in [0.3, 0.4) is 0 Å². The predicted molar refractivity (Wildman–Crippen MR) is 65.7 cm³/mol. The minimum atomic E-state index is -1.66. The first-order valence-corrected chi connectivity index (χ1v) is 6.06. The fourth-order valence-corrected chi connectivity index (χ4v) is 3.28. The summed E-state index contributed by atoms with van der Waals surface area (Å²) < 4.78 is 13.4. The van der Waals surface area contributed by atoms with Gasteiger partial charge in [-0.3, -0.25) is 9.79 Å². The number of nitrogens with one attached hydrogen (secondary N) is 2. The van der Waals surface area contributed by atoms with E-state index in [1.807, 2.05) is 0 Å². The van der Waals surface area contributed by atoms with Crippen LogP contribution < -0.4 is 17.0 Å². The molecule has 0 aromatic heterocycles. The number of aliphatic imine (C=N–C) groups is 1. The van der Waals surface area contributed by atoms with Crippen molar-refractivity contribution in [2.75, 3.05) is 0 Å². The van der Waals surface area contributed by atoms with Gasteiger partial charge in [0.2, 0.25) is 5.91 Å². The SMILES string of the molecule is N=CC(F)C(=NC1C2CCC(C2)C1C(N)=O)NN. The average molecular weight is 255 g/mol. The number of carbonyl (C=O) groups excluding carboxylic acids is 1. The minimum absolute atomic E-state index is 0.103. The Bertz CT molecular complexity index is 386. The molecule has 0 aromatic rings. The molecule has 6 nitrogen and oxygen atoms in total. The van der Waals surface area contributed by atoms with Crippen molar-refractivity contribution in [3.63, 3.8) is 0 Å². The quantitative estimate of drug-likeness (QED) is 0.240. The van der Waals surface area contributed by atoms with E-state index in [2.05, 4.69) is 10.4 Å². The molecule has 2 rings (SSSR count). The molecule has 0 aliphatic heterocycles. The molecule has 100 valence electrons. The number of primary amides is 1. The molecule has 0 radical (unpaired) electrons. The van der Waals surface area contributed by atoms with Crippen LogP contribution in [0, 0.1) is 23.2 Å². The lowest BCUT2D eigenvalue weighted by molar-refractivity contribution is -0.123. The molecule has 6 N–H and O–H groups in total. The van der Waals surface area contributed by atoms with E-state index in [1.165, 1.54) is 0 Å². The summed E-state index contributed by atoms with van der Waals surface area (Å²) in [5.41, 5.74) is 7.57. The van der Waals surface area contributed by atoms with E-state index in [9.17, 15) is 9.18 Å². The smallest absolute Gasteiger partial charge is 0.222 e. The van der Waals surface area contributed by atoms with Gasteiger partial charge >= 0.3 is 0 Å². The highest BCUT2D eigenvalue weighted by molar-refractivity contribution is 5.99. The van der Waals surface area contributed by atoms with Gasteiger partial charge in [0.05, 0.1) is 12.0 Å². The third-order valence-electron chi connectivity index (χ3n) is 4.04. The summed E-state index contributed by atoms with van der Waals surface area (Å²) in [5, 5.41) is 6.89. The molecule has 5 atom stereocenters. The highest BCUT2D eigenvalue weighted by Gasteiger charge is 2.50. The van der Waals surface area contributed by atoms with E-state index in [-0.39, 0.29) is 35.5 Å². The first-order valence-electron chi connectivity index (χ1n) is 6.06. The van der Waals surface area contributed by atoms with Gasteiger partial charge in [-0.2, -0.15) is 0 Å². The van der Waals surface area contributed by atoms with Gasteiger partial charge in [-0.1, -0.05) is 0 Å². The molecule has 7 heteroatoms. The number of amides is 1. The Morgan fingerprint density at radius 2 is 2.17 bits per heavy atom. The second-order valence-corrected chi connectivity index (χ2v) is 4.98. The van der Waals surface area contributed by atoms with Crippen LogP contribution in [0.1, 0.15) is 19.3 Å². The largest absolute Gasteiger partial charge is 0.369 e. The van der Waals surface area contributed by atoms with Crippen molar-refractivity contribution in [2.24, 2.45) is 34.3 Å². The molecule has 5 unspecified atom stereocenters. The van der Waals surface area contributed by atoms with Crippen molar-refractivity contribution >= 4 is 18.0 Å². The zero-order chi connectivity index (χ0) is 13.3. The van der Waals surface area contributed by atoms with Gasteiger partial charge in [-0.15, -0.1) is 0 Å². The number of hydrogen-bond acceptors (Lipinski definition) is 4. The minimum Gasteiger partial charge on any atom is -0.369 e. The number of nitrogens with two attached hydrogens (primary N) is 2. The summed E-state index contributed by atoms with van der Waals surface area (Å²) in [6.45, 7) is 0. The Balaban J connectivity index is 2.23. The van der Waals surface area contributed by atoms with E-state index in [4.69, 9.17) is 17.0 Å². The van der Waals surface area contributed by atoms with E-state index in [0.717, 1.165) is 19.3 Å². The number of rotatable bonds is 4.